The first kappa shape index (κ1) is 11.5. The monoisotopic (exact) mass is 219 g/mol. The first-order valence-electron chi connectivity index (χ1n) is 6.21. The van der Waals surface area contributed by atoms with Gasteiger partial charge in [-0.2, -0.15) is 0 Å². The molecule has 1 aromatic carbocycles. The molecule has 0 aromatic heterocycles. The first-order valence-corrected chi connectivity index (χ1v) is 6.21. The van der Waals surface area contributed by atoms with Crippen LogP contribution in [-0.2, 0) is 0 Å². The van der Waals surface area contributed by atoms with E-state index in [9.17, 15) is 0 Å². The minimum atomic E-state index is 0.860. The Hall–Kier alpha value is -1.02. The molecule has 1 fully saturated rings. The van der Waals surface area contributed by atoms with E-state index in [1.165, 1.54) is 32.4 Å². The normalized spacial score (nSPS) is 18.6. The molecule has 0 bridgehead atoms. The highest BCUT2D eigenvalue weighted by atomic mass is 16.5. The van der Waals surface area contributed by atoms with Crippen molar-refractivity contribution in [2.45, 2.75) is 19.3 Å². The van der Waals surface area contributed by atoms with Gasteiger partial charge in [-0.3, -0.25) is 0 Å². The van der Waals surface area contributed by atoms with Gasteiger partial charge in [0.05, 0.1) is 6.61 Å². The van der Waals surface area contributed by atoms with Gasteiger partial charge in [-0.15, -0.1) is 0 Å². The van der Waals surface area contributed by atoms with Gasteiger partial charge in [-0.1, -0.05) is 18.2 Å². The fourth-order valence-electron chi connectivity index (χ4n) is 2.21. The number of benzene rings is 1. The number of hydrogen-bond donors (Lipinski definition) is 0. The van der Waals surface area contributed by atoms with Crippen molar-refractivity contribution in [3.05, 3.63) is 30.3 Å². The number of para-hydroxylation sites is 1. The second-order valence-corrected chi connectivity index (χ2v) is 4.70. The number of hydrogen-bond acceptors (Lipinski definition) is 2. The van der Waals surface area contributed by atoms with Gasteiger partial charge < -0.3 is 9.64 Å². The van der Waals surface area contributed by atoms with Gasteiger partial charge in [-0.05, 0) is 57.5 Å². The molecule has 0 N–H and O–H groups in total. The lowest BCUT2D eigenvalue weighted by atomic mass is 9.94. The van der Waals surface area contributed by atoms with Crippen LogP contribution in [-0.4, -0.2) is 31.6 Å². The molecular formula is C14H21NO. The average Bonchev–Trinajstić information content (AvgIpc) is 2.33. The van der Waals surface area contributed by atoms with Gasteiger partial charge in [0.15, 0.2) is 0 Å². The van der Waals surface area contributed by atoms with E-state index < -0.39 is 0 Å². The molecule has 0 radical (unpaired) electrons. The van der Waals surface area contributed by atoms with Crippen LogP contribution in [0.3, 0.4) is 0 Å². The minimum Gasteiger partial charge on any atom is -0.494 e. The maximum atomic E-state index is 5.72. The van der Waals surface area contributed by atoms with Crippen LogP contribution in [0.5, 0.6) is 5.75 Å². The zero-order valence-electron chi connectivity index (χ0n) is 10.1. The molecule has 1 aliphatic rings. The Labute approximate surface area is 98.2 Å². The second kappa shape index (κ2) is 5.90. The second-order valence-electron chi connectivity index (χ2n) is 4.70. The molecule has 0 atom stereocenters. The summed E-state index contributed by atoms with van der Waals surface area (Å²) in [4.78, 5) is 2.41. The zero-order valence-corrected chi connectivity index (χ0v) is 10.1. The standard InChI is InChI=1S/C14H21NO/c1-15-10-7-13(8-11-15)9-12-16-14-5-3-2-4-6-14/h2-6,13H,7-12H2,1H3. The van der Waals surface area contributed by atoms with Crippen LogP contribution in [0.2, 0.25) is 0 Å². The van der Waals surface area contributed by atoms with E-state index in [1.807, 2.05) is 30.3 Å². The molecular weight excluding hydrogens is 198 g/mol. The Morgan fingerprint density at radius 1 is 1.19 bits per heavy atom. The lowest BCUT2D eigenvalue weighted by molar-refractivity contribution is 0.187. The molecule has 0 spiro atoms. The topological polar surface area (TPSA) is 12.5 Å². The summed E-state index contributed by atoms with van der Waals surface area (Å²) in [5, 5.41) is 0. The molecule has 0 aliphatic carbocycles. The summed E-state index contributed by atoms with van der Waals surface area (Å²) in [6, 6.07) is 10.1. The number of ether oxygens (including phenoxy) is 1. The van der Waals surface area contributed by atoms with Crippen LogP contribution < -0.4 is 4.74 Å². The quantitative estimate of drug-likeness (QED) is 0.772. The van der Waals surface area contributed by atoms with Crippen molar-refractivity contribution < 1.29 is 4.74 Å². The molecule has 2 rings (SSSR count). The molecule has 1 aliphatic heterocycles. The maximum absolute atomic E-state index is 5.72. The molecule has 1 aromatic rings. The summed E-state index contributed by atoms with van der Waals surface area (Å²) < 4.78 is 5.72. The van der Waals surface area contributed by atoms with Crippen molar-refractivity contribution in [1.29, 1.82) is 0 Å². The summed E-state index contributed by atoms with van der Waals surface area (Å²) in [6.45, 7) is 3.35. The van der Waals surface area contributed by atoms with E-state index in [4.69, 9.17) is 4.74 Å². The predicted octanol–water partition coefficient (Wildman–Crippen LogP) is 2.80. The first-order chi connectivity index (χ1) is 7.84. The smallest absolute Gasteiger partial charge is 0.119 e. The van der Waals surface area contributed by atoms with E-state index in [0.717, 1.165) is 18.3 Å². The van der Waals surface area contributed by atoms with E-state index in [2.05, 4.69) is 11.9 Å². The molecule has 2 heteroatoms. The van der Waals surface area contributed by atoms with Gasteiger partial charge in [0.1, 0.15) is 5.75 Å². The molecule has 1 saturated heterocycles. The van der Waals surface area contributed by atoms with E-state index in [-0.39, 0.29) is 0 Å². The zero-order chi connectivity index (χ0) is 11.2. The van der Waals surface area contributed by atoms with Crippen LogP contribution in [0.25, 0.3) is 0 Å². The van der Waals surface area contributed by atoms with E-state index in [1.54, 1.807) is 0 Å². The Kier molecular flexibility index (Phi) is 4.23. The van der Waals surface area contributed by atoms with E-state index >= 15 is 0 Å². The van der Waals surface area contributed by atoms with Crippen LogP contribution in [0, 0.1) is 5.92 Å². The summed E-state index contributed by atoms with van der Waals surface area (Å²) >= 11 is 0. The van der Waals surface area contributed by atoms with Crippen molar-refractivity contribution in [1.82, 2.24) is 4.90 Å². The van der Waals surface area contributed by atoms with Gasteiger partial charge in [0.25, 0.3) is 0 Å². The molecule has 0 saturated carbocycles. The number of piperidine rings is 1. The summed E-state index contributed by atoms with van der Waals surface area (Å²) in [7, 11) is 2.21. The fraction of sp³-hybridized carbons (Fsp3) is 0.571. The van der Waals surface area contributed by atoms with Gasteiger partial charge in [-0.25, -0.2) is 0 Å². The number of likely N-dealkylation sites (tertiary alicyclic amines) is 1. The van der Waals surface area contributed by atoms with Crippen molar-refractivity contribution >= 4 is 0 Å². The largest absolute Gasteiger partial charge is 0.494 e. The van der Waals surface area contributed by atoms with Gasteiger partial charge in [0.2, 0.25) is 0 Å². The van der Waals surface area contributed by atoms with Gasteiger partial charge >= 0.3 is 0 Å². The lowest BCUT2D eigenvalue weighted by Crippen LogP contribution is -2.30. The Balaban J connectivity index is 1.65. The van der Waals surface area contributed by atoms with Crippen molar-refractivity contribution in [3.8, 4) is 5.75 Å². The summed E-state index contributed by atoms with van der Waals surface area (Å²) in [5.41, 5.74) is 0. The Morgan fingerprint density at radius 3 is 2.56 bits per heavy atom. The van der Waals surface area contributed by atoms with Crippen molar-refractivity contribution in [3.63, 3.8) is 0 Å². The van der Waals surface area contributed by atoms with Crippen LogP contribution in [0.1, 0.15) is 19.3 Å². The highest BCUT2D eigenvalue weighted by Crippen LogP contribution is 2.20. The van der Waals surface area contributed by atoms with Crippen molar-refractivity contribution in [2.75, 3.05) is 26.7 Å². The molecule has 2 nitrogen and oxygen atoms in total. The average molecular weight is 219 g/mol. The van der Waals surface area contributed by atoms with Crippen LogP contribution >= 0.6 is 0 Å². The third-order valence-electron chi connectivity index (χ3n) is 3.38. The highest BCUT2D eigenvalue weighted by Gasteiger charge is 2.16. The summed E-state index contributed by atoms with van der Waals surface area (Å²) in [5.74, 6) is 1.86. The van der Waals surface area contributed by atoms with Crippen LogP contribution in [0.4, 0.5) is 0 Å². The predicted molar refractivity (Wildman–Crippen MR) is 66.8 cm³/mol. The molecule has 0 amide bonds. The Morgan fingerprint density at radius 2 is 1.88 bits per heavy atom. The van der Waals surface area contributed by atoms with E-state index in [0.29, 0.717) is 0 Å². The third kappa shape index (κ3) is 3.53. The molecule has 1 heterocycles. The highest BCUT2D eigenvalue weighted by molar-refractivity contribution is 5.20. The van der Waals surface area contributed by atoms with Crippen LogP contribution in [0.15, 0.2) is 30.3 Å². The molecule has 0 unspecified atom stereocenters. The number of nitrogens with zero attached hydrogens (tertiary/aromatic N) is 1. The number of rotatable bonds is 4. The molecule has 16 heavy (non-hydrogen) atoms. The molecule has 88 valence electrons. The summed E-state index contributed by atoms with van der Waals surface area (Å²) in [6.07, 6.45) is 3.85. The minimum absolute atomic E-state index is 0.860. The van der Waals surface area contributed by atoms with Crippen molar-refractivity contribution in [2.24, 2.45) is 5.92 Å². The maximum Gasteiger partial charge on any atom is 0.119 e. The third-order valence-corrected chi connectivity index (χ3v) is 3.38. The Bertz CT molecular complexity index is 291. The van der Waals surface area contributed by atoms with Gasteiger partial charge in [0, 0.05) is 0 Å². The lowest BCUT2D eigenvalue weighted by Gasteiger charge is -2.28. The fourth-order valence-corrected chi connectivity index (χ4v) is 2.21. The SMILES string of the molecule is CN1CCC(CCOc2ccccc2)CC1.